The molecule has 0 aliphatic carbocycles. The van der Waals surface area contributed by atoms with Crippen molar-refractivity contribution in [2.75, 3.05) is 18.2 Å². The van der Waals surface area contributed by atoms with Gasteiger partial charge in [-0.2, -0.15) is 0 Å². The van der Waals surface area contributed by atoms with Crippen LogP contribution in [0.2, 0.25) is 5.02 Å². The van der Waals surface area contributed by atoms with Gasteiger partial charge in [-0.15, -0.1) is 11.8 Å². The zero-order valence-electron chi connectivity index (χ0n) is 10.9. The van der Waals surface area contributed by atoms with Crippen LogP contribution in [0.15, 0.2) is 53.4 Å². The number of anilines is 1. The lowest BCUT2D eigenvalue weighted by Crippen LogP contribution is -2.20. The molecule has 1 amide bonds. The number of carbonyl (C=O) groups excluding carboxylic acids is 1. The van der Waals surface area contributed by atoms with Gasteiger partial charge >= 0.3 is 0 Å². The van der Waals surface area contributed by atoms with E-state index in [1.165, 1.54) is 0 Å². The van der Waals surface area contributed by atoms with E-state index in [4.69, 9.17) is 16.3 Å². The van der Waals surface area contributed by atoms with Crippen molar-refractivity contribution in [3.05, 3.63) is 53.6 Å². The van der Waals surface area contributed by atoms with Crippen molar-refractivity contribution in [2.45, 2.75) is 4.90 Å². The smallest absolute Gasteiger partial charge is 0.262 e. The number of ether oxygens (including phenoxy) is 1. The maximum Gasteiger partial charge on any atom is 0.262 e. The van der Waals surface area contributed by atoms with Crippen molar-refractivity contribution in [1.29, 1.82) is 0 Å². The van der Waals surface area contributed by atoms with Crippen LogP contribution in [0, 0.1) is 0 Å². The SMILES string of the molecule is CSc1cccc(NC(=O)COc2ccccc2Cl)c1. The van der Waals surface area contributed by atoms with Crippen molar-refractivity contribution < 1.29 is 9.53 Å². The van der Waals surface area contributed by atoms with Crippen LogP contribution in [0.4, 0.5) is 5.69 Å². The second-order valence-corrected chi connectivity index (χ2v) is 5.29. The molecule has 0 heterocycles. The number of carbonyl (C=O) groups is 1. The number of rotatable bonds is 5. The minimum absolute atomic E-state index is 0.0762. The summed E-state index contributed by atoms with van der Waals surface area (Å²) in [6.07, 6.45) is 1.99. The van der Waals surface area contributed by atoms with Gasteiger partial charge in [0.25, 0.3) is 5.91 Å². The lowest BCUT2D eigenvalue weighted by molar-refractivity contribution is -0.118. The standard InChI is InChI=1S/C15H14ClNO2S/c1-20-12-6-4-5-11(9-12)17-15(18)10-19-14-8-3-2-7-13(14)16/h2-9H,10H2,1H3,(H,17,18). The second-order valence-electron chi connectivity index (χ2n) is 4.00. The maximum atomic E-state index is 11.8. The number of para-hydroxylation sites is 1. The number of thioether (sulfide) groups is 1. The van der Waals surface area contributed by atoms with Crippen molar-refractivity contribution in [3.8, 4) is 5.75 Å². The molecule has 0 aliphatic heterocycles. The molecule has 2 aromatic rings. The van der Waals surface area contributed by atoms with Crippen LogP contribution >= 0.6 is 23.4 Å². The van der Waals surface area contributed by atoms with Crippen LogP contribution in [0.25, 0.3) is 0 Å². The van der Waals surface area contributed by atoms with E-state index in [1.807, 2.05) is 36.6 Å². The molecule has 2 aromatic carbocycles. The van der Waals surface area contributed by atoms with Crippen LogP contribution in [-0.4, -0.2) is 18.8 Å². The second kappa shape index (κ2) is 7.22. The predicted octanol–water partition coefficient (Wildman–Crippen LogP) is 4.08. The minimum Gasteiger partial charge on any atom is -0.482 e. The van der Waals surface area contributed by atoms with Crippen LogP contribution in [0.1, 0.15) is 0 Å². The quantitative estimate of drug-likeness (QED) is 0.846. The molecule has 0 bridgehead atoms. The third kappa shape index (κ3) is 4.18. The highest BCUT2D eigenvalue weighted by Crippen LogP contribution is 2.23. The van der Waals surface area contributed by atoms with Gasteiger partial charge in [0.2, 0.25) is 0 Å². The Bertz CT molecular complexity index is 604. The molecule has 0 saturated heterocycles. The fourth-order valence-corrected chi connectivity index (χ4v) is 2.25. The molecule has 0 unspecified atom stereocenters. The van der Waals surface area contributed by atoms with E-state index >= 15 is 0 Å². The molecule has 0 fully saturated rings. The lowest BCUT2D eigenvalue weighted by Gasteiger charge is -2.09. The average Bonchev–Trinajstić information content (AvgIpc) is 2.46. The minimum atomic E-state index is -0.219. The Morgan fingerprint density at radius 2 is 2.05 bits per heavy atom. The molecule has 1 N–H and O–H groups in total. The first kappa shape index (κ1) is 14.8. The molecule has 20 heavy (non-hydrogen) atoms. The average molecular weight is 308 g/mol. The molecule has 0 aromatic heterocycles. The highest BCUT2D eigenvalue weighted by molar-refractivity contribution is 7.98. The highest BCUT2D eigenvalue weighted by atomic mass is 35.5. The van der Waals surface area contributed by atoms with Gasteiger partial charge in [0.05, 0.1) is 5.02 Å². The van der Waals surface area contributed by atoms with Crippen LogP contribution in [0.3, 0.4) is 0 Å². The van der Waals surface area contributed by atoms with Gasteiger partial charge < -0.3 is 10.1 Å². The normalized spacial score (nSPS) is 10.1. The van der Waals surface area contributed by atoms with Crippen LogP contribution in [-0.2, 0) is 4.79 Å². The van der Waals surface area contributed by atoms with Gasteiger partial charge in [0.1, 0.15) is 5.75 Å². The van der Waals surface area contributed by atoms with Gasteiger partial charge in [0.15, 0.2) is 6.61 Å². The third-order valence-electron chi connectivity index (χ3n) is 2.55. The van der Waals surface area contributed by atoms with Crippen molar-refractivity contribution in [1.82, 2.24) is 0 Å². The maximum absolute atomic E-state index is 11.8. The number of hydrogen-bond acceptors (Lipinski definition) is 3. The zero-order valence-corrected chi connectivity index (χ0v) is 12.5. The summed E-state index contributed by atoms with van der Waals surface area (Å²) in [5, 5.41) is 3.28. The first-order chi connectivity index (χ1) is 9.69. The first-order valence-electron chi connectivity index (χ1n) is 6.00. The van der Waals surface area contributed by atoms with Crippen LogP contribution in [0.5, 0.6) is 5.75 Å². The summed E-state index contributed by atoms with van der Waals surface area (Å²) >= 11 is 7.57. The Morgan fingerprint density at radius 1 is 1.25 bits per heavy atom. The number of amides is 1. The summed E-state index contributed by atoms with van der Waals surface area (Å²) < 4.78 is 5.38. The molecule has 2 rings (SSSR count). The Morgan fingerprint density at radius 3 is 2.80 bits per heavy atom. The van der Waals surface area contributed by atoms with E-state index in [0.29, 0.717) is 10.8 Å². The summed E-state index contributed by atoms with van der Waals surface area (Å²) in [6, 6.07) is 14.7. The molecular formula is C15H14ClNO2S. The third-order valence-corrected chi connectivity index (χ3v) is 3.59. The zero-order chi connectivity index (χ0) is 14.4. The van der Waals surface area contributed by atoms with E-state index in [-0.39, 0.29) is 12.5 Å². The van der Waals surface area contributed by atoms with Crippen LogP contribution < -0.4 is 10.1 Å². The van der Waals surface area contributed by atoms with E-state index in [1.54, 1.807) is 30.0 Å². The van der Waals surface area contributed by atoms with Gasteiger partial charge in [-0.3, -0.25) is 4.79 Å². The molecule has 0 spiro atoms. The molecule has 0 saturated carbocycles. The topological polar surface area (TPSA) is 38.3 Å². The molecule has 0 aliphatic rings. The summed E-state index contributed by atoms with van der Waals surface area (Å²) in [7, 11) is 0. The van der Waals surface area contributed by atoms with E-state index in [0.717, 1.165) is 10.6 Å². The summed E-state index contributed by atoms with van der Waals surface area (Å²) in [5.41, 5.74) is 0.754. The molecular weight excluding hydrogens is 294 g/mol. The summed E-state index contributed by atoms with van der Waals surface area (Å²) in [4.78, 5) is 12.9. The molecule has 5 heteroatoms. The number of nitrogens with one attached hydrogen (secondary N) is 1. The Hall–Kier alpha value is -1.65. The van der Waals surface area contributed by atoms with Crippen molar-refractivity contribution >= 4 is 35.0 Å². The number of halogens is 1. The molecule has 104 valence electrons. The monoisotopic (exact) mass is 307 g/mol. The van der Waals surface area contributed by atoms with Gasteiger partial charge in [0, 0.05) is 10.6 Å². The predicted molar refractivity (Wildman–Crippen MR) is 83.8 cm³/mol. The fourth-order valence-electron chi connectivity index (χ4n) is 1.60. The molecule has 3 nitrogen and oxygen atoms in total. The van der Waals surface area contributed by atoms with E-state index in [2.05, 4.69) is 5.32 Å². The first-order valence-corrected chi connectivity index (χ1v) is 7.60. The van der Waals surface area contributed by atoms with Gasteiger partial charge in [-0.05, 0) is 36.6 Å². The molecule has 0 radical (unpaired) electrons. The van der Waals surface area contributed by atoms with Gasteiger partial charge in [-0.25, -0.2) is 0 Å². The largest absolute Gasteiger partial charge is 0.482 e. The Kier molecular flexibility index (Phi) is 5.32. The number of benzene rings is 2. The summed E-state index contributed by atoms with van der Waals surface area (Å²) in [5.74, 6) is 0.283. The van der Waals surface area contributed by atoms with Gasteiger partial charge in [-0.1, -0.05) is 29.8 Å². The highest BCUT2D eigenvalue weighted by Gasteiger charge is 2.06. The van der Waals surface area contributed by atoms with Crippen molar-refractivity contribution in [3.63, 3.8) is 0 Å². The van der Waals surface area contributed by atoms with E-state index < -0.39 is 0 Å². The Labute approximate surface area is 127 Å². The molecule has 0 atom stereocenters. The fraction of sp³-hybridized carbons (Fsp3) is 0.133. The van der Waals surface area contributed by atoms with E-state index in [9.17, 15) is 4.79 Å². The summed E-state index contributed by atoms with van der Waals surface area (Å²) in [6.45, 7) is -0.0762. The lowest BCUT2D eigenvalue weighted by atomic mass is 10.3. The number of hydrogen-bond donors (Lipinski definition) is 1. The van der Waals surface area contributed by atoms with Crippen molar-refractivity contribution in [2.24, 2.45) is 0 Å². The Balaban J connectivity index is 1.91.